The summed E-state index contributed by atoms with van der Waals surface area (Å²) in [5, 5.41) is 0.363. The summed E-state index contributed by atoms with van der Waals surface area (Å²) in [6, 6.07) is 9.79. The fourth-order valence-electron chi connectivity index (χ4n) is 2.68. The number of nitrogens with one attached hydrogen (secondary N) is 1. The highest BCUT2D eigenvalue weighted by atomic mass is 32.1. The zero-order valence-corrected chi connectivity index (χ0v) is 15.2. The minimum Gasteiger partial charge on any atom is -0.493 e. The van der Waals surface area contributed by atoms with E-state index in [9.17, 15) is 9.59 Å². The molecule has 7 nitrogen and oxygen atoms in total. The van der Waals surface area contributed by atoms with Gasteiger partial charge in [-0.25, -0.2) is 4.57 Å². The van der Waals surface area contributed by atoms with Gasteiger partial charge in [-0.1, -0.05) is 12.1 Å². The first-order valence-electron chi connectivity index (χ1n) is 7.60. The van der Waals surface area contributed by atoms with E-state index in [0.717, 1.165) is 4.57 Å². The Morgan fingerprint density at radius 3 is 2.23 bits per heavy atom. The largest absolute Gasteiger partial charge is 0.493 e. The van der Waals surface area contributed by atoms with Gasteiger partial charge in [-0.05, 0) is 36.5 Å². The number of hydrogen-bond acceptors (Lipinski definition) is 6. The van der Waals surface area contributed by atoms with E-state index in [0.29, 0.717) is 28.2 Å². The van der Waals surface area contributed by atoms with Gasteiger partial charge < -0.3 is 19.2 Å². The number of aromatic amines is 1. The number of nitrogens with zero attached hydrogens (tertiary/aromatic N) is 1. The Kier molecular flexibility index (Phi) is 4.77. The van der Waals surface area contributed by atoms with Crippen LogP contribution in [0, 0.1) is 4.77 Å². The lowest BCUT2D eigenvalue weighted by atomic mass is 10.1. The fraction of sp³-hybridized carbons (Fsp3) is 0.167. The summed E-state index contributed by atoms with van der Waals surface area (Å²) in [6.45, 7) is 0. The third kappa shape index (κ3) is 2.84. The van der Waals surface area contributed by atoms with Crippen LogP contribution in [-0.2, 0) is 0 Å². The molecule has 3 rings (SSSR count). The smallest absolute Gasteiger partial charge is 0.269 e. The van der Waals surface area contributed by atoms with Crippen molar-refractivity contribution in [2.75, 3.05) is 21.3 Å². The number of rotatable bonds is 4. The van der Waals surface area contributed by atoms with Crippen LogP contribution >= 0.6 is 12.2 Å². The number of methoxy groups -OCH3 is 3. The minimum absolute atomic E-state index is 0.00690. The van der Waals surface area contributed by atoms with E-state index in [1.165, 1.54) is 33.5 Å². The standard InChI is InChI=1S/C18H16N2O5S/c1-23-13-8-10(9-14(24-2)15(13)25-3)16(21)20-17(22)11-6-4-5-7-12(11)19-18(20)26/h4-9H,1-3H3,(H,19,26). The third-order valence-electron chi connectivity index (χ3n) is 3.92. The van der Waals surface area contributed by atoms with Crippen LogP contribution in [0.3, 0.4) is 0 Å². The number of benzene rings is 2. The molecule has 0 fully saturated rings. The summed E-state index contributed by atoms with van der Waals surface area (Å²) in [5.74, 6) is 0.363. The van der Waals surface area contributed by atoms with Crippen molar-refractivity contribution in [3.8, 4) is 17.2 Å². The predicted octanol–water partition coefficient (Wildman–Crippen LogP) is 2.77. The van der Waals surface area contributed by atoms with Crippen LogP contribution in [0.25, 0.3) is 10.9 Å². The number of carbonyl (C=O) groups excluding carboxylic acids is 1. The van der Waals surface area contributed by atoms with Gasteiger partial charge in [0.1, 0.15) is 0 Å². The summed E-state index contributed by atoms with van der Waals surface area (Å²) in [5.41, 5.74) is 0.246. The van der Waals surface area contributed by atoms with Gasteiger partial charge in [0, 0.05) is 5.56 Å². The van der Waals surface area contributed by atoms with Crippen LogP contribution in [-0.4, -0.2) is 36.8 Å². The van der Waals surface area contributed by atoms with E-state index < -0.39 is 11.5 Å². The number of H-pyrrole nitrogens is 1. The highest BCUT2D eigenvalue weighted by Gasteiger charge is 2.20. The van der Waals surface area contributed by atoms with Crippen molar-refractivity contribution in [2.24, 2.45) is 0 Å². The van der Waals surface area contributed by atoms with Gasteiger partial charge in [0.05, 0.1) is 32.2 Å². The maximum atomic E-state index is 13.0. The summed E-state index contributed by atoms with van der Waals surface area (Å²) < 4.78 is 16.7. The molecule has 0 aliphatic rings. The number of ether oxygens (including phenoxy) is 3. The second-order valence-corrected chi connectivity index (χ2v) is 5.72. The molecule has 3 aromatic rings. The van der Waals surface area contributed by atoms with Crippen molar-refractivity contribution in [1.29, 1.82) is 0 Å². The quantitative estimate of drug-likeness (QED) is 0.709. The molecule has 0 unspecified atom stereocenters. The average Bonchev–Trinajstić information content (AvgIpc) is 2.66. The molecular formula is C18H16N2O5S. The normalized spacial score (nSPS) is 10.6. The van der Waals surface area contributed by atoms with Gasteiger partial charge in [-0.2, -0.15) is 0 Å². The molecule has 0 saturated heterocycles. The van der Waals surface area contributed by atoms with Crippen LogP contribution in [0.1, 0.15) is 10.4 Å². The number of fused-ring (bicyclic) bond motifs is 1. The summed E-state index contributed by atoms with van der Waals surface area (Å²) in [7, 11) is 4.35. The molecule has 134 valence electrons. The lowest BCUT2D eigenvalue weighted by Gasteiger charge is -2.14. The number of aromatic nitrogens is 2. The van der Waals surface area contributed by atoms with Gasteiger partial charge in [0.25, 0.3) is 11.5 Å². The zero-order chi connectivity index (χ0) is 18.8. The number of hydrogen-bond donors (Lipinski definition) is 1. The molecule has 0 spiro atoms. The van der Waals surface area contributed by atoms with E-state index in [-0.39, 0.29) is 10.3 Å². The molecule has 1 N–H and O–H groups in total. The molecule has 8 heteroatoms. The van der Waals surface area contributed by atoms with Crippen molar-refractivity contribution in [2.45, 2.75) is 0 Å². The van der Waals surface area contributed by atoms with Gasteiger partial charge >= 0.3 is 0 Å². The molecule has 0 aliphatic carbocycles. The van der Waals surface area contributed by atoms with E-state index in [4.69, 9.17) is 26.4 Å². The van der Waals surface area contributed by atoms with E-state index in [2.05, 4.69) is 4.98 Å². The monoisotopic (exact) mass is 372 g/mol. The van der Waals surface area contributed by atoms with Crippen molar-refractivity contribution in [3.63, 3.8) is 0 Å². The van der Waals surface area contributed by atoms with Gasteiger partial charge in [0.15, 0.2) is 16.3 Å². The van der Waals surface area contributed by atoms with Gasteiger partial charge in [0.2, 0.25) is 5.75 Å². The first-order chi connectivity index (χ1) is 12.5. The predicted molar refractivity (Wildman–Crippen MR) is 99.2 cm³/mol. The molecule has 0 amide bonds. The fourth-order valence-corrected chi connectivity index (χ4v) is 2.96. The number of para-hydroxylation sites is 1. The zero-order valence-electron chi connectivity index (χ0n) is 14.4. The van der Waals surface area contributed by atoms with E-state index in [1.54, 1.807) is 24.3 Å². The Morgan fingerprint density at radius 2 is 1.65 bits per heavy atom. The van der Waals surface area contributed by atoms with Gasteiger partial charge in [-0.3, -0.25) is 9.59 Å². The topological polar surface area (TPSA) is 82.6 Å². The molecule has 1 heterocycles. The number of carbonyl (C=O) groups is 1. The molecule has 0 aliphatic heterocycles. The Labute approximate surface area is 153 Å². The van der Waals surface area contributed by atoms with Crippen molar-refractivity contribution in [1.82, 2.24) is 9.55 Å². The Morgan fingerprint density at radius 1 is 1.04 bits per heavy atom. The molecule has 0 bridgehead atoms. The highest BCUT2D eigenvalue weighted by Crippen LogP contribution is 2.38. The van der Waals surface area contributed by atoms with Gasteiger partial charge in [-0.15, -0.1) is 0 Å². The van der Waals surface area contributed by atoms with Crippen molar-refractivity contribution in [3.05, 3.63) is 57.1 Å². The lowest BCUT2D eigenvalue weighted by molar-refractivity contribution is 0.0953. The Hall–Kier alpha value is -3.13. The van der Waals surface area contributed by atoms with Crippen LogP contribution < -0.4 is 19.8 Å². The average molecular weight is 372 g/mol. The second-order valence-electron chi connectivity index (χ2n) is 5.34. The van der Waals surface area contributed by atoms with Crippen LogP contribution in [0.5, 0.6) is 17.2 Å². The minimum atomic E-state index is -0.596. The molecule has 0 saturated carbocycles. The SMILES string of the molecule is COc1cc(C(=O)n2c(=S)[nH]c3ccccc3c2=O)cc(OC)c1OC. The maximum absolute atomic E-state index is 13.0. The Balaban J connectivity index is 2.24. The van der Waals surface area contributed by atoms with Crippen LogP contribution in [0.4, 0.5) is 0 Å². The van der Waals surface area contributed by atoms with E-state index in [1.807, 2.05) is 0 Å². The van der Waals surface area contributed by atoms with Crippen molar-refractivity contribution >= 4 is 29.0 Å². The maximum Gasteiger partial charge on any atom is 0.269 e. The first-order valence-corrected chi connectivity index (χ1v) is 8.01. The molecule has 1 aromatic heterocycles. The lowest BCUT2D eigenvalue weighted by Crippen LogP contribution is -2.29. The van der Waals surface area contributed by atoms with Crippen LogP contribution in [0.15, 0.2) is 41.2 Å². The third-order valence-corrected chi connectivity index (χ3v) is 4.20. The molecular weight excluding hydrogens is 356 g/mol. The molecule has 0 radical (unpaired) electrons. The van der Waals surface area contributed by atoms with Crippen molar-refractivity contribution < 1.29 is 19.0 Å². The Bertz CT molecular complexity index is 1090. The second kappa shape index (κ2) is 7.01. The summed E-state index contributed by atoms with van der Waals surface area (Å²) >= 11 is 5.21. The van der Waals surface area contributed by atoms with E-state index >= 15 is 0 Å². The molecule has 0 atom stereocenters. The highest BCUT2D eigenvalue weighted by molar-refractivity contribution is 7.71. The van der Waals surface area contributed by atoms with Crippen LogP contribution in [0.2, 0.25) is 0 Å². The molecule has 2 aromatic carbocycles. The molecule has 26 heavy (non-hydrogen) atoms. The summed E-state index contributed by atoms with van der Waals surface area (Å²) in [6.07, 6.45) is 0. The summed E-state index contributed by atoms with van der Waals surface area (Å²) in [4.78, 5) is 28.7. The first kappa shape index (κ1) is 17.7.